The van der Waals surface area contributed by atoms with Crippen LogP contribution >= 0.6 is 11.6 Å². The number of carbonyl (C=O) groups excluding carboxylic acids is 1. The van der Waals surface area contributed by atoms with Gasteiger partial charge in [-0.1, -0.05) is 29.8 Å². The smallest absolute Gasteiger partial charge is 0.305 e. The Morgan fingerprint density at radius 1 is 1.17 bits per heavy atom. The molecule has 0 aliphatic rings. The van der Waals surface area contributed by atoms with Crippen LogP contribution in [0.3, 0.4) is 0 Å². The Morgan fingerprint density at radius 2 is 1.83 bits per heavy atom. The van der Waals surface area contributed by atoms with Crippen molar-refractivity contribution < 1.29 is 14.7 Å². The Kier molecular flexibility index (Phi) is 5.34. The average Bonchev–Trinajstić information content (AvgIpc) is 2.54. The van der Waals surface area contributed by atoms with Gasteiger partial charge in [0.1, 0.15) is 0 Å². The lowest BCUT2D eigenvalue weighted by Crippen LogP contribution is -2.30. The van der Waals surface area contributed by atoms with Gasteiger partial charge in [-0.25, -0.2) is 0 Å². The Hall–Kier alpha value is -2.84. The summed E-state index contributed by atoms with van der Waals surface area (Å²) >= 11 is 6.09. The summed E-state index contributed by atoms with van der Waals surface area (Å²) in [5.41, 5.74) is 1.32. The molecule has 2 rings (SSSR count). The van der Waals surface area contributed by atoms with Gasteiger partial charge in [-0.3, -0.25) is 9.59 Å². The molecular formula is C17H13ClN2O3. The fraction of sp³-hybridized carbons (Fsp3) is 0.118. The molecule has 0 fully saturated rings. The highest BCUT2D eigenvalue weighted by Gasteiger charge is 2.20. The van der Waals surface area contributed by atoms with Crippen molar-refractivity contribution in [1.82, 2.24) is 5.32 Å². The van der Waals surface area contributed by atoms with Gasteiger partial charge in [0.15, 0.2) is 0 Å². The van der Waals surface area contributed by atoms with E-state index < -0.39 is 17.9 Å². The van der Waals surface area contributed by atoms with E-state index in [1.807, 2.05) is 6.07 Å². The Morgan fingerprint density at radius 3 is 2.39 bits per heavy atom. The molecule has 1 unspecified atom stereocenters. The number of amides is 1. The van der Waals surface area contributed by atoms with E-state index in [0.717, 1.165) is 0 Å². The van der Waals surface area contributed by atoms with Crippen LogP contribution in [0.15, 0.2) is 48.5 Å². The van der Waals surface area contributed by atoms with E-state index in [4.69, 9.17) is 22.0 Å². The average molecular weight is 329 g/mol. The molecule has 23 heavy (non-hydrogen) atoms. The molecule has 0 saturated heterocycles. The van der Waals surface area contributed by atoms with E-state index in [-0.39, 0.29) is 6.42 Å². The molecule has 0 aliphatic carbocycles. The topological polar surface area (TPSA) is 90.2 Å². The van der Waals surface area contributed by atoms with Crippen molar-refractivity contribution in [3.8, 4) is 6.07 Å². The summed E-state index contributed by atoms with van der Waals surface area (Å²) < 4.78 is 0. The van der Waals surface area contributed by atoms with Gasteiger partial charge in [0, 0.05) is 10.6 Å². The van der Waals surface area contributed by atoms with Gasteiger partial charge >= 0.3 is 5.97 Å². The van der Waals surface area contributed by atoms with Crippen LogP contribution in [0.1, 0.15) is 33.9 Å². The van der Waals surface area contributed by atoms with Gasteiger partial charge < -0.3 is 10.4 Å². The van der Waals surface area contributed by atoms with Gasteiger partial charge in [0.25, 0.3) is 5.91 Å². The molecule has 0 spiro atoms. The van der Waals surface area contributed by atoms with E-state index >= 15 is 0 Å². The number of carbonyl (C=O) groups is 2. The molecule has 0 aliphatic heterocycles. The van der Waals surface area contributed by atoms with Crippen LogP contribution in [0, 0.1) is 11.3 Å². The number of nitrogens with one attached hydrogen (secondary N) is 1. The fourth-order valence-electron chi connectivity index (χ4n) is 2.11. The predicted octanol–water partition coefficient (Wildman–Crippen LogP) is 3.16. The molecule has 0 heterocycles. The zero-order valence-corrected chi connectivity index (χ0v) is 12.7. The number of nitrogens with zero attached hydrogens (tertiary/aromatic N) is 1. The van der Waals surface area contributed by atoms with E-state index in [1.165, 1.54) is 24.3 Å². The maximum Gasteiger partial charge on any atom is 0.305 e. The lowest BCUT2D eigenvalue weighted by Gasteiger charge is -2.18. The molecule has 6 heteroatoms. The number of nitriles is 1. The minimum absolute atomic E-state index is 0.286. The van der Waals surface area contributed by atoms with Gasteiger partial charge in [-0.15, -0.1) is 0 Å². The second kappa shape index (κ2) is 7.43. The number of carboxylic acid groups (broad SMARTS) is 1. The van der Waals surface area contributed by atoms with E-state index in [2.05, 4.69) is 5.32 Å². The number of hydrogen-bond acceptors (Lipinski definition) is 3. The van der Waals surface area contributed by atoms with Crippen molar-refractivity contribution in [3.05, 3.63) is 70.2 Å². The first-order valence-electron chi connectivity index (χ1n) is 6.78. The normalized spacial score (nSPS) is 11.3. The second-order valence-corrected chi connectivity index (χ2v) is 5.24. The molecule has 116 valence electrons. The molecular weight excluding hydrogens is 316 g/mol. The molecule has 0 radical (unpaired) electrons. The third kappa shape index (κ3) is 4.31. The summed E-state index contributed by atoms with van der Waals surface area (Å²) in [6.45, 7) is 0. The maximum atomic E-state index is 12.3. The number of halogens is 1. The van der Waals surface area contributed by atoms with Gasteiger partial charge in [0.05, 0.1) is 24.1 Å². The van der Waals surface area contributed by atoms with Crippen LogP contribution in [-0.4, -0.2) is 17.0 Å². The molecule has 1 atom stereocenters. The molecule has 0 bridgehead atoms. The van der Waals surface area contributed by atoms with E-state index in [0.29, 0.717) is 21.7 Å². The molecule has 0 saturated carbocycles. The van der Waals surface area contributed by atoms with E-state index in [9.17, 15) is 9.59 Å². The fourth-order valence-corrected chi connectivity index (χ4v) is 2.38. The summed E-state index contributed by atoms with van der Waals surface area (Å²) in [5, 5.41) is 20.9. The van der Waals surface area contributed by atoms with E-state index in [1.54, 1.807) is 24.3 Å². The van der Waals surface area contributed by atoms with Crippen LogP contribution in [0.5, 0.6) is 0 Å². The monoisotopic (exact) mass is 328 g/mol. The minimum atomic E-state index is -1.05. The summed E-state index contributed by atoms with van der Waals surface area (Å²) in [4.78, 5) is 23.4. The summed E-state index contributed by atoms with van der Waals surface area (Å²) in [5.74, 6) is -1.48. The minimum Gasteiger partial charge on any atom is -0.481 e. The third-order valence-corrected chi connectivity index (χ3v) is 3.59. The van der Waals surface area contributed by atoms with Gasteiger partial charge in [0.2, 0.25) is 0 Å². The van der Waals surface area contributed by atoms with Crippen molar-refractivity contribution >= 4 is 23.5 Å². The summed E-state index contributed by atoms with van der Waals surface area (Å²) in [7, 11) is 0. The highest BCUT2D eigenvalue weighted by Crippen LogP contribution is 2.25. The molecule has 2 aromatic rings. The first-order chi connectivity index (χ1) is 11.0. The molecule has 2 N–H and O–H groups in total. The van der Waals surface area contributed by atoms with Crippen molar-refractivity contribution in [2.75, 3.05) is 0 Å². The number of benzene rings is 2. The number of hydrogen-bond donors (Lipinski definition) is 2. The Balaban J connectivity index is 2.23. The lowest BCUT2D eigenvalue weighted by molar-refractivity contribution is -0.137. The van der Waals surface area contributed by atoms with Crippen molar-refractivity contribution in [2.24, 2.45) is 0 Å². The van der Waals surface area contributed by atoms with Gasteiger partial charge in [-0.2, -0.15) is 5.26 Å². The number of aliphatic carboxylic acids is 1. The Labute approximate surface area is 138 Å². The zero-order chi connectivity index (χ0) is 16.8. The van der Waals surface area contributed by atoms with Crippen LogP contribution in [0.25, 0.3) is 0 Å². The number of carboxylic acids is 1. The van der Waals surface area contributed by atoms with Crippen molar-refractivity contribution in [3.63, 3.8) is 0 Å². The first kappa shape index (κ1) is 16.5. The quantitative estimate of drug-likeness (QED) is 0.882. The van der Waals surface area contributed by atoms with Crippen LogP contribution in [-0.2, 0) is 4.79 Å². The molecule has 5 nitrogen and oxygen atoms in total. The standard InChI is InChI=1S/C17H13ClN2O3/c18-14-4-2-1-3-13(14)15(9-16(21)22)20-17(23)12-7-5-11(10-19)6-8-12/h1-8,15H,9H2,(H,20,23)(H,21,22). The molecule has 1 amide bonds. The molecule has 0 aromatic heterocycles. The molecule has 2 aromatic carbocycles. The second-order valence-electron chi connectivity index (χ2n) is 4.83. The van der Waals surface area contributed by atoms with Crippen molar-refractivity contribution in [2.45, 2.75) is 12.5 Å². The SMILES string of the molecule is N#Cc1ccc(C(=O)NC(CC(=O)O)c2ccccc2Cl)cc1. The van der Waals surface area contributed by atoms with Crippen LogP contribution in [0.4, 0.5) is 0 Å². The third-order valence-electron chi connectivity index (χ3n) is 3.24. The zero-order valence-electron chi connectivity index (χ0n) is 12.0. The number of rotatable bonds is 5. The Bertz CT molecular complexity index is 766. The highest BCUT2D eigenvalue weighted by atomic mass is 35.5. The van der Waals surface area contributed by atoms with Crippen LogP contribution in [0.2, 0.25) is 5.02 Å². The summed E-state index contributed by atoms with van der Waals surface area (Å²) in [6, 6.07) is 14.1. The first-order valence-corrected chi connectivity index (χ1v) is 7.16. The maximum absolute atomic E-state index is 12.3. The largest absolute Gasteiger partial charge is 0.481 e. The predicted molar refractivity (Wildman–Crippen MR) is 85.1 cm³/mol. The van der Waals surface area contributed by atoms with Crippen molar-refractivity contribution in [1.29, 1.82) is 5.26 Å². The summed E-state index contributed by atoms with van der Waals surface area (Å²) in [6.07, 6.45) is -0.286. The van der Waals surface area contributed by atoms with Gasteiger partial charge in [-0.05, 0) is 35.9 Å². The highest BCUT2D eigenvalue weighted by molar-refractivity contribution is 6.31. The lowest BCUT2D eigenvalue weighted by atomic mass is 10.0. The van der Waals surface area contributed by atoms with Crippen LogP contribution < -0.4 is 5.32 Å².